The number of nitrogens with zero attached hydrogens (tertiary/aromatic N) is 2. The maximum atomic E-state index is 11.6. The number of hydrogen-bond acceptors (Lipinski definition) is 3. The Kier molecular flexibility index (Phi) is 3.50. The molecule has 7 nitrogen and oxygen atoms in total. The summed E-state index contributed by atoms with van der Waals surface area (Å²) in [6.07, 6.45) is 5.13. The average Bonchev–Trinajstić information content (AvgIpc) is 3.07. The second kappa shape index (κ2) is 5.07. The summed E-state index contributed by atoms with van der Waals surface area (Å²) in [5, 5.41) is 14.0. The minimum atomic E-state index is -0.982. The molecule has 0 spiro atoms. The molecule has 2 rings (SSSR count). The molecule has 3 N–H and O–H groups in total. The van der Waals surface area contributed by atoms with E-state index in [1.54, 1.807) is 17.0 Å². The van der Waals surface area contributed by atoms with Gasteiger partial charge in [-0.15, -0.1) is 0 Å². The van der Waals surface area contributed by atoms with E-state index in [0.29, 0.717) is 5.82 Å². The molecule has 1 saturated carbocycles. The minimum absolute atomic E-state index is 0.0708. The Hall–Kier alpha value is -2.05. The molecule has 1 aromatic heterocycles. The van der Waals surface area contributed by atoms with Gasteiger partial charge in [0.2, 0.25) is 0 Å². The van der Waals surface area contributed by atoms with Crippen LogP contribution in [-0.2, 0) is 18.4 Å². The lowest BCUT2D eigenvalue weighted by Crippen LogP contribution is -2.47. The summed E-state index contributed by atoms with van der Waals surface area (Å²) in [4.78, 5) is 26.6. The summed E-state index contributed by atoms with van der Waals surface area (Å²) >= 11 is 0. The highest BCUT2D eigenvalue weighted by atomic mass is 16.4. The third-order valence-electron chi connectivity index (χ3n) is 2.97. The van der Waals surface area contributed by atoms with Crippen LogP contribution in [0.1, 0.15) is 18.7 Å². The molecule has 1 aromatic rings. The van der Waals surface area contributed by atoms with E-state index in [4.69, 9.17) is 5.11 Å². The van der Waals surface area contributed by atoms with Crippen LogP contribution >= 0.6 is 0 Å². The van der Waals surface area contributed by atoms with Crippen molar-refractivity contribution in [3.63, 3.8) is 0 Å². The summed E-state index contributed by atoms with van der Waals surface area (Å²) < 4.78 is 1.79. The van der Waals surface area contributed by atoms with Crippen LogP contribution in [0.4, 0.5) is 4.79 Å². The molecule has 1 atom stereocenters. The molecular weight excluding hydrogens is 236 g/mol. The number of imidazole rings is 1. The fourth-order valence-electron chi connectivity index (χ4n) is 1.73. The lowest BCUT2D eigenvalue weighted by molar-refractivity contribution is -0.139. The van der Waals surface area contributed by atoms with Crippen LogP contribution in [0, 0.1) is 5.92 Å². The molecule has 1 aliphatic carbocycles. The van der Waals surface area contributed by atoms with Crippen molar-refractivity contribution >= 4 is 12.0 Å². The van der Waals surface area contributed by atoms with Crippen molar-refractivity contribution in [1.29, 1.82) is 0 Å². The first-order chi connectivity index (χ1) is 8.58. The number of amides is 2. The zero-order chi connectivity index (χ0) is 13.1. The molecule has 0 aliphatic heterocycles. The quantitative estimate of drug-likeness (QED) is 0.691. The van der Waals surface area contributed by atoms with Gasteiger partial charge in [0.25, 0.3) is 0 Å². The SMILES string of the molecule is Cn1ccnc1CNC(=O)NC(C(=O)O)C1CC1. The Morgan fingerprint density at radius 1 is 1.61 bits per heavy atom. The normalized spacial score (nSPS) is 16.1. The lowest BCUT2D eigenvalue weighted by Gasteiger charge is -2.14. The van der Waals surface area contributed by atoms with Crippen molar-refractivity contribution in [2.75, 3.05) is 0 Å². The van der Waals surface area contributed by atoms with Gasteiger partial charge in [-0.2, -0.15) is 0 Å². The van der Waals surface area contributed by atoms with Gasteiger partial charge in [-0.1, -0.05) is 0 Å². The van der Waals surface area contributed by atoms with Gasteiger partial charge < -0.3 is 20.3 Å². The number of aryl methyl sites for hydroxylation is 1. The van der Waals surface area contributed by atoms with Crippen molar-refractivity contribution in [1.82, 2.24) is 20.2 Å². The van der Waals surface area contributed by atoms with Gasteiger partial charge in [0.1, 0.15) is 11.9 Å². The van der Waals surface area contributed by atoms with Gasteiger partial charge in [0.15, 0.2) is 0 Å². The highest BCUT2D eigenvalue weighted by Gasteiger charge is 2.37. The van der Waals surface area contributed by atoms with Gasteiger partial charge >= 0.3 is 12.0 Å². The fraction of sp³-hybridized carbons (Fsp3) is 0.545. The molecule has 1 unspecified atom stereocenters. The average molecular weight is 252 g/mol. The number of aromatic nitrogens is 2. The molecule has 0 aromatic carbocycles. The summed E-state index contributed by atoms with van der Waals surface area (Å²) in [6.45, 7) is 0.270. The topological polar surface area (TPSA) is 96.3 Å². The monoisotopic (exact) mass is 252 g/mol. The third kappa shape index (κ3) is 2.99. The number of aliphatic carboxylic acids is 1. The molecular formula is C11H16N4O3. The van der Waals surface area contributed by atoms with Gasteiger partial charge in [-0.05, 0) is 18.8 Å². The van der Waals surface area contributed by atoms with Crippen LogP contribution in [0.5, 0.6) is 0 Å². The van der Waals surface area contributed by atoms with Gasteiger partial charge in [0.05, 0.1) is 6.54 Å². The molecule has 1 fully saturated rings. The summed E-state index contributed by atoms with van der Waals surface area (Å²) in [5.74, 6) is -0.200. The number of urea groups is 1. The van der Waals surface area contributed by atoms with Gasteiger partial charge in [0, 0.05) is 19.4 Å². The van der Waals surface area contributed by atoms with Gasteiger partial charge in [-0.3, -0.25) is 0 Å². The highest BCUT2D eigenvalue weighted by Crippen LogP contribution is 2.32. The third-order valence-corrected chi connectivity index (χ3v) is 2.97. The van der Waals surface area contributed by atoms with E-state index in [2.05, 4.69) is 15.6 Å². The molecule has 7 heteroatoms. The first-order valence-corrected chi connectivity index (χ1v) is 5.81. The molecule has 1 heterocycles. The van der Waals surface area contributed by atoms with E-state index in [1.807, 2.05) is 7.05 Å². The molecule has 0 radical (unpaired) electrons. The molecule has 0 bridgehead atoms. The van der Waals surface area contributed by atoms with E-state index < -0.39 is 18.0 Å². The molecule has 2 amide bonds. The van der Waals surface area contributed by atoms with E-state index in [1.165, 1.54) is 0 Å². The smallest absolute Gasteiger partial charge is 0.326 e. The van der Waals surface area contributed by atoms with E-state index in [9.17, 15) is 9.59 Å². The van der Waals surface area contributed by atoms with Crippen molar-refractivity contribution < 1.29 is 14.7 Å². The predicted octanol–water partition coefficient (Wildman–Crippen LogP) is 0.0825. The van der Waals surface area contributed by atoms with Crippen LogP contribution in [0.25, 0.3) is 0 Å². The number of carboxylic acids is 1. The Labute approximate surface area is 104 Å². The van der Waals surface area contributed by atoms with Gasteiger partial charge in [-0.25, -0.2) is 14.6 Å². The Balaban J connectivity index is 1.81. The molecule has 18 heavy (non-hydrogen) atoms. The van der Waals surface area contributed by atoms with Crippen LogP contribution in [0.15, 0.2) is 12.4 Å². The summed E-state index contributed by atoms with van der Waals surface area (Å²) in [7, 11) is 1.83. The largest absolute Gasteiger partial charge is 0.480 e. The Morgan fingerprint density at radius 2 is 2.33 bits per heavy atom. The fourth-order valence-corrected chi connectivity index (χ4v) is 1.73. The highest BCUT2D eigenvalue weighted by molar-refractivity contribution is 5.82. The maximum Gasteiger partial charge on any atom is 0.326 e. The Bertz CT molecular complexity index is 453. The predicted molar refractivity (Wildman–Crippen MR) is 62.7 cm³/mol. The van der Waals surface area contributed by atoms with Crippen molar-refractivity contribution in [2.45, 2.75) is 25.4 Å². The van der Waals surface area contributed by atoms with Crippen molar-refractivity contribution in [3.8, 4) is 0 Å². The number of carboxylic acid groups (broad SMARTS) is 1. The second-order valence-corrected chi connectivity index (χ2v) is 4.43. The zero-order valence-electron chi connectivity index (χ0n) is 10.1. The first-order valence-electron chi connectivity index (χ1n) is 5.81. The number of nitrogens with one attached hydrogen (secondary N) is 2. The van der Waals surface area contributed by atoms with Crippen LogP contribution < -0.4 is 10.6 Å². The minimum Gasteiger partial charge on any atom is -0.480 e. The van der Waals surface area contributed by atoms with E-state index in [0.717, 1.165) is 12.8 Å². The second-order valence-electron chi connectivity index (χ2n) is 4.43. The van der Waals surface area contributed by atoms with E-state index >= 15 is 0 Å². The van der Waals surface area contributed by atoms with E-state index in [-0.39, 0.29) is 12.5 Å². The number of rotatable bonds is 5. The van der Waals surface area contributed by atoms with Crippen molar-refractivity contribution in [3.05, 3.63) is 18.2 Å². The lowest BCUT2D eigenvalue weighted by atomic mass is 10.2. The standard InChI is InChI=1S/C11H16N4O3/c1-15-5-4-12-8(15)6-13-11(18)14-9(10(16)17)7-2-3-7/h4-5,7,9H,2-3,6H2,1H3,(H,16,17)(H2,13,14,18). The summed E-state index contributed by atoms with van der Waals surface area (Å²) in [5.41, 5.74) is 0. The number of carbonyl (C=O) groups is 2. The molecule has 1 aliphatic rings. The van der Waals surface area contributed by atoms with Crippen molar-refractivity contribution in [2.24, 2.45) is 13.0 Å². The Morgan fingerprint density at radius 3 is 2.83 bits per heavy atom. The molecule has 0 saturated heterocycles. The van der Waals surface area contributed by atoms with Crippen LogP contribution in [0.3, 0.4) is 0 Å². The first kappa shape index (κ1) is 12.4. The number of carbonyl (C=O) groups excluding carboxylic acids is 1. The maximum absolute atomic E-state index is 11.6. The zero-order valence-corrected chi connectivity index (χ0v) is 10.1. The van der Waals surface area contributed by atoms with Crippen LogP contribution in [0.2, 0.25) is 0 Å². The number of hydrogen-bond donors (Lipinski definition) is 3. The molecule has 98 valence electrons. The summed E-state index contributed by atoms with van der Waals surface area (Å²) in [6, 6.07) is -1.26. The van der Waals surface area contributed by atoms with Crippen LogP contribution in [-0.4, -0.2) is 32.7 Å².